The molecule has 4 heterocycles. The Labute approximate surface area is 190 Å². The zero-order valence-electron chi connectivity index (χ0n) is 16.4. The highest BCUT2D eigenvalue weighted by molar-refractivity contribution is 9.10. The molecule has 0 radical (unpaired) electrons. The maximum atomic E-state index is 12.4. The largest absolute Gasteiger partial charge is 0.274 e. The van der Waals surface area contributed by atoms with Crippen LogP contribution < -0.4 is 0 Å². The number of carbonyl (C=O) groups is 2. The summed E-state index contributed by atoms with van der Waals surface area (Å²) in [5.41, 5.74) is 1.85. The minimum Gasteiger partial charge on any atom is -0.274 e. The fourth-order valence-corrected chi connectivity index (χ4v) is 4.88. The van der Waals surface area contributed by atoms with Crippen LogP contribution in [-0.2, 0) is 6.42 Å². The van der Waals surface area contributed by atoms with Gasteiger partial charge in [0.25, 0.3) is 11.8 Å². The summed E-state index contributed by atoms with van der Waals surface area (Å²) in [5, 5.41) is 14.1. The Balaban J connectivity index is 1.17. The summed E-state index contributed by atoms with van der Waals surface area (Å²) in [6.45, 7) is 0.442. The van der Waals surface area contributed by atoms with E-state index >= 15 is 0 Å². The van der Waals surface area contributed by atoms with Gasteiger partial charge in [-0.1, -0.05) is 29.9 Å². The molecule has 0 saturated carbocycles. The van der Waals surface area contributed by atoms with Crippen LogP contribution in [-0.4, -0.2) is 48.1 Å². The predicted molar refractivity (Wildman–Crippen MR) is 119 cm³/mol. The van der Waals surface area contributed by atoms with E-state index in [-0.39, 0.29) is 11.8 Å². The molecule has 3 aromatic heterocycles. The van der Waals surface area contributed by atoms with Crippen LogP contribution in [0.15, 0.2) is 47.2 Å². The molecule has 1 aliphatic heterocycles. The van der Waals surface area contributed by atoms with Crippen molar-refractivity contribution in [1.82, 2.24) is 29.7 Å². The number of pyridine rings is 1. The van der Waals surface area contributed by atoms with Crippen LogP contribution in [0.1, 0.15) is 45.0 Å². The van der Waals surface area contributed by atoms with E-state index in [1.165, 1.54) is 16.2 Å². The molecule has 0 atom stereocenters. The number of aromatic nitrogens is 5. The van der Waals surface area contributed by atoms with E-state index in [1.54, 1.807) is 41.2 Å². The van der Waals surface area contributed by atoms with E-state index in [4.69, 9.17) is 0 Å². The van der Waals surface area contributed by atoms with E-state index < -0.39 is 0 Å². The summed E-state index contributed by atoms with van der Waals surface area (Å²) in [6, 6.07) is 8.92. The summed E-state index contributed by atoms with van der Waals surface area (Å²) < 4.78 is 2.62. The van der Waals surface area contributed by atoms with Crippen molar-refractivity contribution < 1.29 is 9.59 Å². The first-order valence-corrected chi connectivity index (χ1v) is 11.5. The van der Waals surface area contributed by atoms with Gasteiger partial charge in [0.15, 0.2) is 5.82 Å². The second-order valence-electron chi connectivity index (χ2n) is 7.22. The molecule has 1 aromatic carbocycles. The Morgan fingerprint density at radius 1 is 0.968 bits per heavy atom. The SMILES string of the molecule is O=C1c2ccccc2C(=O)N1CCCCCc1nn2c(-c3cncc(Br)c3)nnc2s1. The van der Waals surface area contributed by atoms with Crippen molar-refractivity contribution in [3.8, 4) is 11.4 Å². The molecule has 10 heteroatoms. The molecule has 0 bridgehead atoms. The molecule has 0 N–H and O–H groups in total. The van der Waals surface area contributed by atoms with Gasteiger partial charge in [0.1, 0.15) is 5.01 Å². The number of hydrogen-bond donors (Lipinski definition) is 0. The second-order valence-corrected chi connectivity index (χ2v) is 9.18. The van der Waals surface area contributed by atoms with Crippen molar-refractivity contribution in [2.24, 2.45) is 0 Å². The van der Waals surface area contributed by atoms with Gasteiger partial charge in [0.2, 0.25) is 4.96 Å². The van der Waals surface area contributed by atoms with E-state index in [0.29, 0.717) is 23.5 Å². The first-order valence-electron chi connectivity index (χ1n) is 9.89. The highest BCUT2D eigenvalue weighted by Gasteiger charge is 2.34. The number of fused-ring (bicyclic) bond motifs is 2. The van der Waals surface area contributed by atoms with Gasteiger partial charge in [-0.05, 0) is 47.0 Å². The summed E-state index contributed by atoms with van der Waals surface area (Å²) in [7, 11) is 0. The predicted octanol–water partition coefficient (Wildman–Crippen LogP) is 4.02. The smallest absolute Gasteiger partial charge is 0.261 e. The van der Waals surface area contributed by atoms with Crippen LogP contribution in [0.3, 0.4) is 0 Å². The summed E-state index contributed by atoms with van der Waals surface area (Å²) in [6.07, 6.45) is 6.85. The van der Waals surface area contributed by atoms with Crippen LogP contribution in [0.5, 0.6) is 0 Å². The van der Waals surface area contributed by atoms with Gasteiger partial charge in [0.05, 0.1) is 11.1 Å². The molecule has 156 valence electrons. The Kier molecular flexibility index (Phi) is 5.33. The zero-order chi connectivity index (χ0) is 21.4. The average molecular weight is 497 g/mol. The number of imide groups is 1. The maximum absolute atomic E-state index is 12.4. The minimum atomic E-state index is -0.191. The lowest BCUT2D eigenvalue weighted by molar-refractivity contribution is 0.0651. The molecule has 0 spiro atoms. The third-order valence-electron chi connectivity index (χ3n) is 5.15. The fraction of sp³-hybridized carbons (Fsp3) is 0.238. The van der Waals surface area contributed by atoms with E-state index in [0.717, 1.165) is 45.7 Å². The number of aryl methyl sites for hydroxylation is 1. The molecular weight excluding hydrogens is 480 g/mol. The Hall–Kier alpha value is -2.98. The molecule has 4 aromatic rings. The van der Waals surface area contributed by atoms with Gasteiger partial charge in [0, 0.05) is 35.4 Å². The van der Waals surface area contributed by atoms with E-state index in [2.05, 4.69) is 36.2 Å². The molecule has 0 aliphatic carbocycles. The first kappa shape index (κ1) is 20.0. The topological polar surface area (TPSA) is 93.4 Å². The van der Waals surface area contributed by atoms with E-state index in [1.807, 2.05) is 6.07 Å². The number of hydrogen-bond acceptors (Lipinski definition) is 7. The summed E-state index contributed by atoms with van der Waals surface area (Å²) >= 11 is 4.94. The highest BCUT2D eigenvalue weighted by Crippen LogP contribution is 2.25. The third kappa shape index (κ3) is 3.77. The van der Waals surface area contributed by atoms with Gasteiger partial charge in [-0.15, -0.1) is 10.2 Å². The van der Waals surface area contributed by atoms with E-state index in [9.17, 15) is 9.59 Å². The molecule has 0 unspecified atom stereocenters. The number of halogens is 1. The molecule has 8 nitrogen and oxygen atoms in total. The zero-order valence-corrected chi connectivity index (χ0v) is 18.8. The molecule has 0 saturated heterocycles. The lowest BCUT2D eigenvalue weighted by atomic mass is 10.1. The summed E-state index contributed by atoms with van der Waals surface area (Å²) in [5.74, 6) is 0.282. The van der Waals surface area contributed by atoms with Crippen molar-refractivity contribution in [2.75, 3.05) is 6.54 Å². The molecule has 2 amide bonds. The monoisotopic (exact) mass is 496 g/mol. The van der Waals surface area contributed by atoms with Gasteiger partial charge < -0.3 is 0 Å². The number of rotatable bonds is 7. The third-order valence-corrected chi connectivity index (χ3v) is 6.54. The molecular formula is C21H17BrN6O2S. The van der Waals surface area contributed by atoms with Crippen LogP contribution in [0, 0.1) is 0 Å². The normalized spacial score (nSPS) is 13.4. The number of unbranched alkanes of at least 4 members (excludes halogenated alkanes) is 2. The average Bonchev–Trinajstić information content (AvgIpc) is 3.41. The summed E-state index contributed by atoms with van der Waals surface area (Å²) in [4.78, 5) is 31.1. The van der Waals surface area contributed by atoms with Crippen LogP contribution >= 0.6 is 27.3 Å². The van der Waals surface area contributed by atoms with Gasteiger partial charge in [-0.25, -0.2) is 0 Å². The minimum absolute atomic E-state index is 0.191. The van der Waals surface area contributed by atoms with Gasteiger partial charge >= 0.3 is 0 Å². The fourth-order valence-electron chi connectivity index (χ4n) is 3.64. The number of benzene rings is 1. The van der Waals surface area contributed by atoms with Crippen molar-refractivity contribution in [3.63, 3.8) is 0 Å². The molecule has 0 fully saturated rings. The molecule has 31 heavy (non-hydrogen) atoms. The number of amides is 2. The van der Waals surface area contributed by atoms with Crippen molar-refractivity contribution in [1.29, 1.82) is 0 Å². The standard InChI is InChI=1S/C21H17BrN6O2S/c22-14-10-13(11-23-12-14)18-24-25-21-28(18)26-17(31-21)8-2-1-5-9-27-19(29)15-6-3-4-7-16(15)20(27)30/h3-4,6-7,10-12H,1-2,5,8-9H2. The van der Waals surface area contributed by atoms with Crippen LogP contribution in [0.25, 0.3) is 16.3 Å². The lowest BCUT2D eigenvalue weighted by Gasteiger charge is -2.13. The van der Waals surface area contributed by atoms with Crippen LogP contribution in [0.4, 0.5) is 0 Å². The maximum Gasteiger partial charge on any atom is 0.261 e. The number of nitrogens with zero attached hydrogens (tertiary/aromatic N) is 6. The molecule has 1 aliphatic rings. The quantitative estimate of drug-likeness (QED) is 0.283. The van der Waals surface area contributed by atoms with Crippen molar-refractivity contribution >= 4 is 44.0 Å². The molecule has 5 rings (SSSR count). The Morgan fingerprint density at radius 2 is 1.74 bits per heavy atom. The Bertz CT molecular complexity index is 1270. The number of carbonyl (C=O) groups excluding carboxylic acids is 2. The van der Waals surface area contributed by atoms with Gasteiger partial charge in [-0.3, -0.25) is 19.5 Å². The highest BCUT2D eigenvalue weighted by atomic mass is 79.9. The van der Waals surface area contributed by atoms with Crippen molar-refractivity contribution in [2.45, 2.75) is 25.7 Å². The van der Waals surface area contributed by atoms with Gasteiger partial charge in [-0.2, -0.15) is 9.61 Å². The second kappa shape index (κ2) is 8.27. The van der Waals surface area contributed by atoms with Crippen LogP contribution in [0.2, 0.25) is 0 Å². The Morgan fingerprint density at radius 3 is 2.48 bits per heavy atom. The first-order chi connectivity index (χ1) is 15.1. The lowest BCUT2D eigenvalue weighted by Crippen LogP contribution is -2.30. The van der Waals surface area contributed by atoms with Crippen molar-refractivity contribution in [3.05, 3.63) is 63.3 Å².